The Morgan fingerprint density at radius 2 is 2.16 bits per heavy atom. The quantitative estimate of drug-likeness (QED) is 0.595. The second-order valence-corrected chi connectivity index (χ2v) is 4.05. The van der Waals surface area contributed by atoms with Crippen molar-refractivity contribution in [3.63, 3.8) is 0 Å². The predicted octanol–water partition coefficient (Wildman–Crippen LogP) is 3.09. The van der Waals surface area contributed by atoms with Crippen molar-refractivity contribution in [2.24, 2.45) is 0 Å². The first kappa shape index (κ1) is 13.5. The van der Waals surface area contributed by atoms with Gasteiger partial charge in [0.25, 0.3) is 6.43 Å². The van der Waals surface area contributed by atoms with Gasteiger partial charge in [-0.05, 0) is 24.3 Å². The molecule has 0 spiro atoms. The van der Waals surface area contributed by atoms with Gasteiger partial charge in [-0.15, -0.1) is 0 Å². The van der Waals surface area contributed by atoms with Gasteiger partial charge in [0.1, 0.15) is 6.61 Å². The fraction of sp³-hybridized carbons (Fsp3) is 0.286. The van der Waals surface area contributed by atoms with Gasteiger partial charge in [-0.3, -0.25) is 9.78 Å². The second kappa shape index (κ2) is 6.33. The van der Waals surface area contributed by atoms with Crippen LogP contribution in [0.4, 0.5) is 8.78 Å². The summed E-state index contributed by atoms with van der Waals surface area (Å²) in [4.78, 5) is 16.0. The van der Waals surface area contributed by atoms with Crippen molar-refractivity contribution >= 4 is 16.7 Å². The lowest BCUT2D eigenvalue weighted by Gasteiger charge is -2.04. The molecule has 5 heteroatoms. The fourth-order valence-corrected chi connectivity index (χ4v) is 1.73. The number of aromatic nitrogens is 1. The van der Waals surface area contributed by atoms with Gasteiger partial charge in [-0.2, -0.15) is 0 Å². The molecule has 0 unspecified atom stereocenters. The minimum atomic E-state index is -2.50. The predicted molar refractivity (Wildman–Crippen MR) is 67.5 cm³/mol. The molecule has 1 heterocycles. The summed E-state index contributed by atoms with van der Waals surface area (Å²) >= 11 is 0. The topological polar surface area (TPSA) is 39.2 Å². The van der Waals surface area contributed by atoms with Gasteiger partial charge in [-0.25, -0.2) is 8.78 Å². The highest BCUT2D eigenvalue weighted by molar-refractivity contribution is 5.99. The number of nitrogens with zero attached hydrogens (tertiary/aromatic N) is 1. The van der Waals surface area contributed by atoms with Crippen LogP contribution >= 0.6 is 0 Å². The van der Waals surface area contributed by atoms with Gasteiger partial charge >= 0.3 is 0 Å². The van der Waals surface area contributed by atoms with Crippen molar-refractivity contribution in [2.75, 3.05) is 13.2 Å². The Balaban J connectivity index is 1.97. The van der Waals surface area contributed by atoms with Gasteiger partial charge < -0.3 is 4.74 Å². The zero-order chi connectivity index (χ0) is 13.7. The Hall–Kier alpha value is -1.88. The van der Waals surface area contributed by atoms with Crippen LogP contribution in [-0.2, 0) is 4.74 Å². The highest BCUT2D eigenvalue weighted by Gasteiger charge is 2.08. The van der Waals surface area contributed by atoms with Crippen molar-refractivity contribution in [3.05, 3.63) is 42.1 Å². The molecule has 0 saturated carbocycles. The summed E-state index contributed by atoms with van der Waals surface area (Å²) < 4.78 is 28.4. The third-order valence-corrected chi connectivity index (χ3v) is 2.64. The van der Waals surface area contributed by atoms with Gasteiger partial charge in [0.15, 0.2) is 5.78 Å². The number of carbonyl (C=O) groups excluding carboxylic acids is 1. The zero-order valence-corrected chi connectivity index (χ0v) is 10.2. The van der Waals surface area contributed by atoms with E-state index in [4.69, 9.17) is 4.74 Å². The Kier molecular flexibility index (Phi) is 4.52. The molecule has 1 aromatic carbocycles. The Bertz CT molecular complexity index is 572. The van der Waals surface area contributed by atoms with Gasteiger partial charge in [0, 0.05) is 23.6 Å². The summed E-state index contributed by atoms with van der Waals surface area (Å²) in [5.74, 6) is -0.125. The molecule has 3 nitrogen and oxygen atoms in total. The summed E-state index contributed by atoms with van der Waals surface area (Å²) in [7, 11) is 0. The standard InChI is InChI=1S/C14H13F2NO2/c15-14(16)9-19-7-5-13(18)11-3-4-12-10(8-11)2-1-6-17-12/h1-4,6,8,14H,5,7,9H2. The smallest absolute Gasteiger partial charge is 0.261 e. The largest absolute Gasteiger partial charge is 0.375 e. The lowest BCUT2D eigenvalue weighted by atomic mass is 10.1. The van der Waals surface area contributed by atoms with Crippen LogP contribution in [0.2, 0.25) is 0 Å². The lowest BCUT2D eigenvalue weighted by molar-refractivity contribution is 0.0170. The third-order valence-electron chi connectivity index (χ3n) is 2.64. The number of ketones is 1. The fourth-order valence-electron chi connectivity index (χ4n) is 1.73. The molecule has 0 N–H and O–H groups in total. The summed E-state index contributed by atoms with van der Waals surface area (Å²) in [6.07, 6.45) is -0.720. The summed E-state index contributed by atoms with van der Waals surface area (Å²) in [6, 6.07) is 8.86. The summed E-state index contributed by atoms with van der Waals surface area (Å²) in [6.45, 7) is -0.622. The maximum atomic E-state index is 11.8. The van der Waals surface area contributed by atoms with Crippen LogP contribution in [-0.4, -0.2) is 30.4 Å². The van der Waals surface area contributed by atoms with E-state index in [9.17, 15) is 13.6 Å². The molecular weight excluding hydrogens is 252 g/mol. The average molecular weight is 265 g/mol. The maximum absolute atomic E-state index is 11.8. The lowest BCUT2D eigenvalue weighted by Crippen LogP contribution is -2.09. The summed E-state index contributed by atoms with van der Waals surface area (Å²) in [5, 5.41) is 0.877. The molecular formula is C14H13F2NO2. The zero-order valence-electron chi connectivity index (χ0n) is 10.2. The second-order valence-electron chi connectivity index (χ2n) is 4.05. The number of halogens is 2. The number of pyridine rings is 1. The van der Waals surface area contributed by atoms with Crippen LogP contribution in [0.1, 0.15) is 16.8 Å². The molecule has 100 valence electrons. The van der Waals surface area contributed by atoms with E-state index in [1.165, 1.54) is 0 Å². The Labute approximate surface area is 109 Å². The molecule has 0 atom stereocenters. The number of rotatable bonds is 6. The van der Waals surface area contributed by atoms with Crippen molar-refractivity contribution < 1.29 is 18.3 Å². The van der Waals surface area contributed by atoms with E-state index in [2.05, 4.69) is 4.98 Å². The normalized spacial score (nSPS) is 11.1. The van der Waals surface area contributed by atoms with Crippen LogP contribution in [0, 0.1) is 0 Å². The molecule has 0 aliphatic carbocycles. The van der Waals surface area contributed by atoms with Crippen molar-refractivity contribution in [2.45, 2.75) is 12.8 Å². The van der Waals surface area contributed by atoms with Gasteiger partial charge in [0.2, 0.25) is 0 Å². The van der Waals surface area contributed by atoms with Crippen molar-refractivity contribution in [3.8, 4) is 0 Å². The maximum Gasteiger partial charge on any atom is 0.261 e. The minimum Gasteiger partial charge on any atom is -0.375 e. The monoisotopic (exact) mass is 265 g/mol. The van der Waals surface area contributed by atoms with E-state index < -0.39 is 13.0 Å². The van der Waals surface area contributed by atoms with E-state index in [0.29, 0.717) is 5.56 Å². The molecule has 2 aromatic rings. The van der Waals surface area contributed by atoms with E-state index in [-0.39, 0.29) is 18.8 Å². The number of benzene rings is 1. The van der Waals surface area contributed by atoms with Crippen molar-refractivity contribution in [1.29, 1.82) is 0 Å². The number of ether oxygens (including phenoxy) is 1. The molecule has 0 bridgehead atoms. The molecule has 0 radical (unpaired) electrons. The van der Waals surface area contributed by atoms with Gasteiger partial charge in [0.05, 0.1) is 12.1 Å². The Morgan fingerprint density at radius 3 is 2.95 bits per heavy atom. The average Bonchev–Trinajstić information content (AvgIpc) is 2.42. The first-order chi connectivity index (χ1) is 9.16. The number of carbonyl (C=O) groups is 1. The number of hydrogen-bond donors (Lipinski definition) is 0. The van der Waals surface area contributed by atoms with Crippen LogP contribution in [0.5, 0.6) is 0 Å². The van der Waals surface area contributed by atoms with Crippen molar-refractivity contribution in [1.82, 2.24) is 4.98 Å². The first-order valence-corrected chi connectivity index (χ1v) is 5.90. The van der Waals surface area contributed by atoms with Gasteiger partial charge in [-0.1, -0.05) is 6.07 Å². The molecule has 19 heavy (non-hydrogen) atoms. The highest BCUT2D eigenvalue weighted by atomic mass is 19.3. The number of fused-ring (bicyclic) bond motifs is 1. The van der Waals surface area contributed by atoms with E-state index in [0.717, 1.165) is 10.9 Å². The first-order valence-electron chi connectivity index (χ1n) is 5.90. The molecule has 0 fully saturated rings. The molecule has 0 amide bonds. The third kappa shape index (κ3) is 3.79. The molecule has 1 aromatic heterocycles. The van der Waals surface area contributed by atoms with Crippen LogP contribution in [0.15, 0.2) is 36.5 Å². The Morgan fingerprint density at radius 1 is 1.32 bits per heavy atom. The molecule has 0 aliphatic heterocycles. The van der Waals surface area contributed by atoms with E-state index >= 15 is 0 Å². The SMILES string of the molecule is O=C(CCOCC(F)F)c1ccc2ncccc2c1. The van der Waals surface area contributed by atoms with Crippen LogP contribution in [0.3, 0.4) is 0 Å². The van der Waals surface area contributed by atoms with E-state index in [1.807, 2.05) is 6.07 Å². The molecule has 0 saturated heterocycles. The number of hydrogen-bond acceptors (Lipinski definition) is 3. The summed E-state index contributed by atoms with van der Waals surface area (Å²) in [5.41, 5.74) is 1.36. The number of alkyl halides is 2. The van der Waals surface area contributed by atoms with Crippen LogP contribution in [0.25, 0.3) is 10.9 Å². The molecule has 2 rings (SSSR count). The van der Waals surface area contributed by atoms with E-state index in [1.54, 1.807) is 30.5 Å². The minimum absolute atomic E-state index is 0.00818. The number of Topliss-reactive ketones (excluding diaryl/α,β-unsaturated/α-hetero) is 1. The highest BCUT2D eigenvalue weighted by Crippen LogP contribution is 2.14. The molecule has 0 aliphatic rings. The van der Waals surface area contributed by atoms with Crippen LogP contribution < -0.4 is 0 Å².